The standard InChI is InChI=1S/C11H14BrN3O4S/c1-6(20(2,18)19)11(16)14-9-4-3-7(5-8(9)12)10(13)15-17/h3-6,17H,1-2H3,(H2,13,15)(H,14,16). The van der Waals surface area contributed by atoms with Gasteiger partial charge in [-0.05, 0) is 41.1 Å². The van der Waals surface area contributed by atoms with Crippen molar-refractivity contribution in [2.75, 3.05) is 11.6 Å². The van der Waals surface area contributed by atoms with E-state index in [-0.39, 0.29) is 5.84 Å². The normalized spacial score (nSPS) is 13.8. The average molecular weight is 364 g/mol. The number of carbonyl (C=O) groups is 1. The van der Waals surface area contributed by atoms with Crippen molar-refractivity contribution in [3.05, 3.63) is 28.2 Å². The highest BCUT2D eigenvalue weighted by Crippen LogP contribution is 2.24. The number of oxime groups is 1. The molecule has 0 spiro atoms. The zero-order valence-corrected chi connectivity index (χ0v) is 13.2. The first kappa shape index (κ1) is 16.4. The first-order chi connectivity index (χ1) is 9.16. The number of amides is 1. The molecule has 0 aliphatic carbocycles. The molecular formula is C11H14BrN3O4S. The number of hydrogen-bond donors (Lipinski definition) is 3. The van der Waals surface area contributed by atoms with Gasteiger partial charge in [0.1, 0.15) is 5.25 Å². The molecule has 0 saturated carbocycles. The summed E-state index contributed by atoms with van der Waals surface area (Å²) in [6, 6.07) is 4.58. The Hall–Kier alpha value is -1.61. The van der Waals surface area contributed by atoms with E-state index in [1.165, 1.54) is 25.1 Å². The van der Waals surface area contributed by atoms with E-state index in [0.29, 0.717) is 15.7 Å². The summed E-state index contributed by atoms with van der Waals surface area (Å²) >= 11 is 3.22. The van der Waals surface area contributed by atoms with Crippen LogP contribution in [0.5, 0.6) is 0 Å². The van der Waals surface area contributed by atoms with Crippen LogP contribution in [0.15, 0.2) is 27.8 Å². The number of rotatable bonds is 4. The summed E-state index contributed by atoms with van der Waals surface area (Å²) in [5.74, 6) is -0.710. The van der Waals surface area contributed by atoms with Gasteiger partial charge in [-0.2, -0.15) is 0 Å². The summed E-state index contributed by atoms with van der Waals surface area (Å²) in [6.45, 7) is 1.31. The van der Waals surface area contributed by atoms with Crippen LogP contribution in [0.2, 0.25) is 0 Å². The molecule has 4 N–H and O–H groups in total. The van der Waals surface area contributed by atoms with Gasteiger partial charge in [0.05, 0.1) is 5.69 Å². The van der Waals surface area contributed by atoms with Gasteiger partial charge in [0, 0.05) is 16.3 Å². The van der Waals surface area contributed by atoms with Gasteiger partial charge in [-0.15, -0.1) is 0 Å². The number of carbonyl (C=O) groups excluding carboxylic acids is 1. The lowest BCUT2D eigenvalue weighted by molar-refractivity contribution is -0.115. The SMILES string of the molecule is CC(C(=O)Nc1ccc(/C(N)=N/O)cc1Br)S(C)(=O)=O. The summed E-state index contributed by atoms with van der Waals surface area (Å²) in [6.07, 6.45) is 0.994. The topological polar surface area (TPSA) is 122 Å². The molecule has 1 aromatic carbocycles. The van der Waals surface area contributed by atoms with Crippen LogP contribution in [0.3, 0.4) is 0 Å². The fourth-order valence-corrected chi connectivity index (χ4v) is 2.19. The molecule has 9 heteroatoms. The fraction of sp³-hybridized carbons (Fsp3) is 0.273. The lowest BCUT2D eigenvalue weighted by Crippen LogP contribution is -2.31. The number of nitrogens with zero attached hydrogens (tertiary/aromatic N) is 1. The monoisotopic (exact) mass is 363 g/mol. The Morgan fingerprint density at radius 2 is 2.10 bits per heavy atom. The Bertz CT molecular complexity index is 658. The summed E-state index contributed by atoms with van der Waals surface area (Å²) < 4.78 is 23.1. The van der Waals surface area contributed by atoms with Gasteiger partial charge in [0.15, 0.2) is 15.7 Å². The number of halogens is 1. The van der Waals surface area contributed by atoms with Gasteiger partial charge in [0.25, 0.3) is 0 Å². The lowest BCUT2D eigenvalue weighted by Gasteiger charge is -2.12. The third-order valence-corrected chi connectivity index (χ3v) is 4.80. The van der Waals surface area contributed by atoms with Crippen molar-refractivity contribution in [3.8, 4) is 0 Å². The smallest absolute Gasteiger partial charge is 0.242 e. The van der Waals surface area contributed by atoms with E-state index >= 15 is 0 Å². The third-order valence-electron chi connectivity index (χ3n) is 2.64. The summed E-state index contributed by atoms with van der Waals surface area (Å²) in [4.78, 5) is 11.8. The number of hydrogen-bond acceptors (Lipinski definition) is 5. The van der Waals surface area contributed by atoms with Gasteiger partial charge in [-0.3, -0.25) is 4.79 Å². The van der Waals surface area contributed by atoms with Crippen LogP contribution >= 0.6 is 15.9 Å². The van der Waals surface area contributed by atoms with E-state index in [1.807, 2.05) is 0 Å². The Morgan fingerprint density at radius 1 is 1.50 bits per heavy atom. The summed E-state index contributed by atoms with van der Waals surface area (Å²) in [5.41, 5.74) is 6.27. The molecule has 1 aromatic rings. The van der Waals surface area contributed by atoms with Crippen molar-refractivity contribution in [3.63, 3.8) is 0 Å². The van der Waals surface area contributed by atoms with Crippen LogP contribution in [-0.4, -0.2) is 36.9 Å². The number of amidine groups is 1. The Balaban J connectivity index is 2.98. The molecule has 0 aliphatic heterocycles. The second kappa shape index (κ2) is 6.23. The van der Waals surface area contributed by atoms with Gasteiger partial charge < -0.3 is 16.3 Å². The van der Waals surface area contributed by atoms with Crippen molar-refractivity contribution in [1.82, 2.24) is 0 Å². The van der Waals surface area contributed by atoms with Crippen molar-refractivity contribution in [1.29, 1.82) is 0 Å². The largest absolute Gasteiger partial charge is 0.409 e. The van der Waals surface area contributed by atoms with Crippen molar-refractivity contribution in [2.24, 2.45) is 10.9 Å². The van der Waals surface area contributed by atoms with Crippen LogP contribution in [0, 0.1) is 0 Å². The average Bonchev–Trinajstić information content (AvgIpc) is 2.38. The molecule has 0 bridgehead atoms. The second-order valence-corrected chi connectivity index (χ2v) is 7.36. The second-order valence-electron chi connectivity index (χ2n) is 4.14. The van der Waals surface area contributed by atoms with E-state index in [2.05, 4.69) is 26.4 Å². The summed E-state index contributed by atoms with van der Waals surface area (Å²) in [5, 5.41) is 12.8. The first-order valence-electron chi connectivity index (χ1n) is 5.44. The maximum absolute atomic E-state index is 11.8. The molecule has 0 aliphatic rings. The van der Waals surface area contributed by atoms with Gasteiger partial charge in [-0.1, -0.05) is 5.16 Å². The molecule has 1 rings (SSSR count). The minimum absolute atomic E-state index is 0.0759. The highest BCUT2D eigenvalue weighted by Gasteiger charge is 2.24. The number of sulfone groups is 1. The quantitative estimate of drug-likeness (QED) is 0.317. The van der Waals surface area contributed by atoms with E-state index in [0.717, 1.165) is 6.26 Å². The minimum atomic E-state index is -3.46. The number of nitrogens with one attached hydrogen (secondary N) is 1. The highest BCUT2D eigenvalue weighted by atomic mass is 79.9. The molecule has 1 atom stereocenters. The van der Waals surface area contributed by atoms with Crippen LogP contribution in [-0.2, 0) is 14.6 Å². The molecule has 0 aromatic heterocycles. The van der Waals surface area contributed by atoms with Crippen molar-refractivity contribution >= 4 is 43.2 Å². The van der Waals surface area contributed by atoms with Crippen molar-refractivity contribution < 1.29 is 18.4 Å². The predicted molar refractivity (Wildman–Crippen MR) is 79.6 cm³/mol. The maximum Gasteiger partial charge on any atom is 0.242 e. The maximum atomic E-state index is 11.8. The third kappa shape index (κ3) is 3.94. The molecule has 1 unspecified atom stereocenters. The van der Waals surface area contributed by atoms with Gasteiger partial charge in [-0.25, -0.2) is 8.42 Å². The van der Waals surface area contributed by atoms with Crippen LogP contribution in [0.25, 0.3) is 0 Å². The lowest BCUT2D eigenvalue weighted by atomic mass is 10.2. The molecule has 110 valence electrons. The predicted octanol–water partition coefficient (Wildman–Crippen LogP) is 0.915. The minimum Gasteiger partial charge on any atom is -0.409 e. The molecule has 0 radical (unpaired) electrons. The molecule has 7 nitrogen and oxygen atoms in total. The van der Waals surface area contributed by atoms with Crippen molar-refractivity contribution in [2.45, 2.75) is 12.2 Å². The zero-order chi connectivity index (χ0) is 15.5. The van der Waals surface area contributed by atoms with Crippen LogP contribution in [0.4, 0.5) is 5.69 Å². The van der Waals surface area contributed by atoms with Gasteiger partial charge >= 0.3 is 0 Å². The Labute approximate surface area is 124 Å². The van der Waals surface area contributed by atoms with Crippen LogP contribution < -0.4 is 11.1 Å². The zero-order valence-electron chi connectivity index (χ0n) is 10.8. The Morgan fingerprint density at radius 3 is 2.55 bits per heavy atom. The molecule has 0 heterocycles. The number of benzene rings is 1. The van der Waals surface area contributed by atoms with E-state index in [4.69, 9.17) is 10.9 Å². The first-order valence-corrected chi connectivity index (χ1v) is 8.18. The molecular weight excluding hydrogens is 350 g/mol. The Kier molecular flexibility index (Phi) is 5.12. The number of nitrogens with two attached hydrogens (primary N) is 1. The molecule has 0 fully saturated rings. The molecule has 20 heavy (non-hydrogen) atoms. The summed E-state index contributed by atoms with van der Waals surface area (Å²) in [7, 11) is -3.46. The van der Waals surface area contributed by atoms with E-state index in [9.17, 15) is 13.2 Å². The van der Waals surface area contributed by atoms with E-state index < -0.39 is 21.0 Å². The number of anilines is 1. The van der Waals surface area contributed by atoms with Gasteiger partial charge in [0.2, 0.25) is 5.91 Å². The van der Waals surface area contributed by atoms with Crippen LogP contribution in [0.1, 0.15) is 12.5 Å². The highest BCUT2D eigenvalue weighted by molar-refractivity contribution is 9.10. The molecule has 0 saturated heterocycles. The van der Waals surface area contributed by atoms with E-state index in [1.54, 1.807) is 0 Å². The fourth-order valence-electron chi connectivity index (χ4n) is 1.26. The molecule has 1 amide bonds.